The molecule has 0 radical (unpaired) electrons. The number of ether oxygens (including phenoxy) is 1. The first kappa shape index (κ1) is 18.8. The standard InChI is InChI=1S/C22H24FN3O2/c1-16-5-7-17(8-6-16)21-14-20(18-3-2-4-19(23)13-18)24-26(21)22(27)15-25-9-11-28-12-10-25/h2-8,13,21H,9-12,14-15H2,1H3. The van der Waals surface area contributed by atoms with Crippen LogP contribution in [-0.4, -0.2) is 54.4 Å². The normalized spacial score (nSPS) is 20.3. The molecule has 1 atom stereocenters. The van der Waals surface area contributed by atoms with Crippen LogP contribution < -0.4 is 0 Å². The van der Waals surface area contributed by atoms with E-state index in [0.29, 0.717) is 26.2 Å². The first-order valence-corrected chi connectivity index (χ1v) is 9.62. The number of benzene rings is 2. The number of rotatable bonds is 4. The van der Waals surface area contributed by atoms with Crippen LogP contribution >= 0.6 is 0 Å². The van der Waals surface area contributed by atoms with Crippen molar-refractivity contribution in [3.63, 3.8) is 0 Å². The number of aryl methyl sites for hydroxylation is 1. The zero-order valence-corrected chi connectivity index (χ0v) is 16.0. The lowest BCUT2D eigenvalue weighted by Gasteiger charge is -2.29. The summed E-state index contributed by atoms with van der Waals surface area (Å²) in [6.07, 6.45) is 0.571. The van der Waals surface area contributed by atoms with Crippen molar-refractivity contribution in [2.45, 2.75) is 19.4 Å². The van der Waals surface area contributed by atoms with Crippen molar-refractivity contribution in [1.29, 1.82) is 0 Å². The zero-order chi connectivity index (χ0) is 19.5. The molecule has 0 bridgehead atoms. The predicted octanol–water partition coefficient (Wildman–Crippen LogP) is 3.14. The summed E-state index contributed by atoms with van der Waals surface area (Å²) in [5, 5.41) is 6.20. The summed E-state index contributed by atoms with van der Waals surface area (Å²) in [4.78, 5) is 15.2. The fourth-order valence-electron chi connectivity index (χ4n) is 3.65. The van der Waals surface area contributed by atoms with Crippen molar-refractivity contribution in [2.24, 2.45) is 5.10 Å². The van der Waals surface area contributed by atoms with E-state index in [9.17, 15) is 9.18 Å². The molecule has 2 aromatic rings. The number of carbonyl (C=O) groups is 1. The largest absolute Gasteiger partial charge is 0.379 e. The van der Waals surface area contributed by atoms with Crippen LogP contribution in [-0.2, 0) is 9.53 Å². The maximum Gasteiger partial charge on any atom is 0.257 e. The van der Waals surface area contributed by atoms with Crippen LogP contribution in [0.5, 0.6) is 0 Å². The Morgan fingerprint density at radius 2 is 1.93 bits per heavy atom. The summed E-state index contributed by atoms with van der Waals surface area (Å²) in [6.45, 7) is 5.13. The molecule has 0 saturated carbocycles. The minimum atomic E-state index is -0.301. The molecule has 28 heavy (non-hydrogen) atoms. The maximum absolute atomic E-state index is 13.7. The summed E-state index contributed by atoms with van der Waals surface area (Å²) < 4.78 is 19.1. The molecule has 1 amide bonds. The predicted molar refractivity (Wildman–Crippen MR) is 106 cm³/mol. The average Bonchev–Trinajstić information content (AvgIpc) is 3.15. The van der Waals surface area contributed by atoms with Crippen LogP contribution in [0, 0.1) is 12.7 Å². The number of hydrogen-bond donors (Lipinski definition) is 0. The van der Waals surface area contributed by atoms with Crippen LogP contribution in [0.2, 0.25) is 0 Å². The molecule has 6 heteroatoms. The van der Waals surface area contributed by atoms with Gasteiger partial charge in [-0.3, -0.25) is 9.69 Å². The van der Waals surface area contributed by atoms with Crippen molar-refractivity contribution in [1.82, 2.24) is 9.91 Å². The van der Waals surface area contributed by atoms with Crippen molar-refractivity contribution >= 4 is 11.6 Å². The van der Waals surface area contributed by atoms with E-state index in [4.69, 9.17) is 4.74 Å². The Morgan fingerprint density at radius 1 is 1.18 bits per heavy atom. The number of nitrogens with zero attached hydrogens (tertiary/aromatic N) is 3. The van der Waals surface area contributed by atoms with E-state index in [1.54, 1.807) is 11.1 Å². The van der Waals surface area contributed by atoms with Crippen LogP contribution in [0.4, 0.5) is 4.39 Å². The van der Waals surface area contributed by atoms with Gasteiger partial charge in [0, 0.05) is 25.1 Å². The molecule has 0 N–H and O–H groups in total. The van der Waals surface area contributed by atoms with Gasteiger partial charge in [0.2, 0.25) is 0 Å². The Morgan fingerprint density at radius 3 is 2.64 bits per heavy atom. The number of amides is 1. The summed E-state index contributed by atoms with van der Waals surface area (Å²) in [6, 6.07) is 14.4. The SMILES string of the molecule is Cc1ccc(C2CC(c3cccc(F)c3)=NN2C(=O)CN2CCOCC2)cc1. The molecular formula is C22H24FN3O2. The van der Waals surface area contributed by atoms with Gasteiger partial charge >= 0.3 is 0 Å². The molecule has 2 aromatic carbocycles. The van der Waals surface area contributed by atoms with Crippen LogP contribution in [0.15, 0.2) is 53.6 Å². The number of halogens is 1. The molecule has 5 nitrogen and oxygen atoms in total. The Hall–Kier alpha value is -2.57. The van der Waals surface area contributed by atoms with Gasteiger partial charge in [-0.1, -0.05) is 42.0 Å². The highest BCUT2D eigenvalue weighted by Gasteiger charge is 2.33. The Kier molecular flexibility index (Phi) is 5.50. The molecule has 2 aliphatic rings. The number of carbonyl (C=O) groups excluding carboxylic acids is 1. The Bertz CT molecular complexity index is 876. The monoisotopic (exact) mass is 381 g/mol. The molecule has 146 valence electrons. The van der Waals surface area contributed by atoms with Gasteiger partial charge in [0.25, 0.3) is 5.91 Å². The molecule has 1 fully saturated rings. The number of hydrazone groups is 1. The highest BCUT2D eigenvalue weighted by Crippen LogP contribution is 2.33. The summed E-state index contributed by atoms with van der Waals surface area (Å²) in [5.41, 5.74) is 3.66. The van der Waals surface area contributed by atoms with Gasteiger partial charge in [0.05, 0.1) is 31.5 Å². The maximum atomic E-state index is 13.7. The molecule has 1 unspecified atom stereocenters. The second kappa shape index (κ2) is 8.20. The van der Waals surface area contributed by atoms with Gasteiger partial charge in [-0.05, 0) is 24.6 Å². The molecule has 2 aliphatic heterocycles. The number of morpholine rings is 1. The molecule has 0 aromatic heterocycles. The van der Waals surface area contributed by atoms with E-state index in [-0.39, 0.29) is 17.8 Å². The molecule has 4 rings (SSSR count). The smallest absolute Gasteiger partial charge is 0.257 e. The second-order valence-corrected chi connectivity index (χ2v) is 7.31. The minimum absolute atomic E-state index is 0.0427. The van der Waals surface area contributed by atoms with Gasteiger partial charge in [0.1, 0.15) is 5.82 Å². The molecule has 0 spiro atoms. The summed E-state index contributed by atoms with van der Waals surface area (Å²) in [7, 11) is 0. The highest BCUT2D eigenvalue weighted by molar-refractivity contribution is 6.03. The van der Waals surface area contributed by atoms with Crippen molar-refractivity contribution in [3.05, 3.63) is 71.0 Å². The topological polar surface area (TPSA) is 45.1 Å². The van der Waals surface area contributed by atoms with Crippen LogP contribution in [0.3, 0.4) is 0 Å². The second-order valence-electron chi connectivity index (χ2n) is 7.31. The third-order valence-corrected chi connectivity index (χ3v) is 5.25. The summed E-state index contributed by atoms with van der Waals surface area (Å²) >= 11 is 0. The lowest BCUT2D eigenvalue weighted by atomic mass is 9.97. The lowest BCUT2D eigenvalue weighted by Crippen LogP contribution is -2.43. The fourth-order valence-corrected chi connectivity index (χ4v) is 3.65. The zero-order valence-electron chi connectivity index (χ0n) is 16.0. The number of hydrogen-bond acceptors (Lipinski definition) is 4. The fraction of sp³-hybridized carbons (Fsp3) is 0.364. The van der Waals surface area contributed by atoms with E-state index in [1.165, 1.54) is 17.7 Å². The van der Waals surface area contributed by atoms with Crippen LogP contribution in [0.1, 0.15) is 29.2 Å². The molecule has 1 saturated heterocycles. The van der Waals surface area contributed by atoms with Gasteiger partial charge in [-0.15, -0.1) is 0 Å². The Labute approximate surface area is 164 Å². The van der Waals surface area contributed by atoms with E-state index >= 15 is 0 Å². The average molecular weight is 381 g/mol. The quantitative estimate of drug-likeness (QED) is 0.817. The first-order chi connectivity index (χ1) is 13.6. The van der Waals surface area contributed by atoms with Gasteiger partial charge < -0.3 is 4.74 Å². The Balaban J connectivity index is 1.60. The first-order valence-electron chi connectivity index (χ1n) is 9.62. The van der Waals surface area contributed by atoms with Crippen molar-refractivity contribution in [2.75, 3.05) is 32.8 Å². The van der Waals surface area contributed by atoms with Crippen molar-refractivity contribution in [3.8, 4) is 0 Å². The van der Waals surface area contributed by atoms with Gasteiger partial charge in [-0.25, -0.2) is 9.40 Å². The highest BCUT2D eigenvalue weighted by atomic mass is 19.1. The third kappa shape index (κ3) is 4.13. The van der Waals surface area contributed by atoms with E-state index in [1.807, 2.05) is 37.3 Å². The third-order valence-electron chi connectivity index (χ3n) is 5.25. The minimum Gasteiger partial charge on any atom is -0.379 e. The van der Waals surface area contributed by atoms with Crippen molar-refractivity contribution < 1.29 is 13.9 Å². The van der Waals surface area contributed by atoms with Crippen LogP contribution in [0.25, 0.3) is 0 Å². The van der Waals surface area contributed by atoms with E-state index < -0.39 is 0 Å². The van der Waals surface area contributed by atoms with E-state index in [2.05, 4.69) is 10.0 Å². The molecule has 0 aliphatic carbocycles. The lowest BCUT2D eigenvalue weighted by molar-refractivity contribution is -0.135. The van der Waals surface area contributed by atoms with E-state index in [0.717, 1.165) is 29.9 Å². The molecular weight excluding hydrogens is 357 g/mol. The van der Waals surface area contributed by atoms with Gasteiger partial charge in [0.15, 0.2) is 0 Å². The summed E-state index contributed by atoms with van der Waals surface area (Å²) in [5.74, 6) is -0.343. The van der Waals surface area contributed by atoms with Gasteiger partial charge in [-0.2, -0.15) is 5.10 Å². The molecule has 2 heterocycles.